The Labute approximate surface area is 333 Å². The second kappa shape index (κ2) is 25.8. The molecule has 5 aromatic rings. The number of para-hydroxylation sites is 4. The van der Waals surface area contributed by atoms with Crippen LogP contribution in [-0.4, -0.2) is 63.0 Å². The summed E-state index contributed by atoms with van der Waals surface area (Å²) in [5.74, 6) is -2.83. The fourth-order valence-corrected chi connectivity index (χ4v) is 3.97. The molecule has 54 heavy (non-hydrogen) atoms. The van der Waals surface area contributed by atoms with E-state index < -0.39 is 11.9 Å². The molecule has 0 aliphatic carbocycles. The first kappa shape index (κ1) is 46.0. The van der Waals surface area contributed by atoms with Crippen LogP contribution in [0.2, 0.25) is 0 Å². The predicted molar refractivity (Wildman–Crippen MR) is 188 cm³/mol. The summed E-state index contributed by atoms with van der Waals surface area (Å²) in [6.07, 6.45) is 6.22. The summed E-state index contributed by atoms with van der Waals surface area (Å²) in [6.45, 7) is 1.91. The summed E-state index contributed by atoms with van der Waals surface area (Å²) in [5, 5.41) is 66.0. The van der Waals surface area contributed by atoms with Crippen molar-refractivity contribution in [3.63, 3.8) is 0 Å². The van der Waals surface area contributed by atoms with Crippen LogP contribution < -0.4 is 30.6 Å². The van der Waals surface area contributed by atoms with Crippen molar-refractivity contribution < 1.29 is 74.4 Å². The topological polar surface area (TPSA) is 222 Å². The van der Waals surface area contributed by atoms with E-state index in [0.717, 1.165) is 24.3 Å². The van der Waals surface area contributed by atoms with Crippen LogP contribution in [0.25, 0.3) is 0 Å². The zero-order valence-corrected chi connectivity index (χ0v) is 30.7. The second-order valence-corrected chi connectivity index (χ2v) is 10.4. The number of benzene rings is 5. The van der Waals surface area contributed by atoms with Crippen LogP contribution in [0, 0.1) is 0 Å². The molecule has 0 aliphatic heterocycles. The summed E-state index contributed by atoms with van der Waals surface area (Å²) in [6, 6.07) is 31.5. The Balaban J connectivity index is 0.000000411. The van der Waals surface area contributed by atoms with Gasteiger partial charge < -0.3 is 40.2 Å². The second-order valence-electron chi connectivity index (χ2n) is 10.4. The third-order valence-corrected chi connectivity index (χ3v) is 6.67. The Hall–Kier alpha value is -6.04. The molecule has 0 spiro atoms. The molecule has 0 N–H and O–H groups in total. The van der Waals surface area contributed by atoms with E-state index in [1.807, 2.05) is 0 Å². The fraction of sp³-hybridized carbons (Fsp3) is 0.100. The van der Waals surface area contributed by atoms with Crippen molar-refractivity contribution in [2.24, 2.45) is 20.0 Å². The van der Waals surface area contributed by atoms with Gasteiger partial charge in [-0.2, -0.15) is 0 Å². The van der Waals surface area contributed by atoms with Crippen molar-refractivity contribution in [1.29, 1.82) is 0 Å². The van der Waals surface area contributed by atoms with E-state index in [1.54, 1.807) is 97.7 Å². The zero-order chi connectivity index (χ0) is 37.6. The maximum Gasteiger partial charge on any atom is 3.00 e. The SMILES string of the molecule is O=C([O-])c1ccc(C(=O)[O-])cc1.[Fe+3].[Fe+3].[O-]c1ccccc1C=NCCN=Cc1ccccc1[O-].[O-]c1ccccc1C=NCCN=Cc1ccccc1[O-]. The first-order chi connectivity index (χ1) is 25.2. The Morgan fingerprint density at radius 2 is 0.593 bits per heavy atom. The summed E-state index contributed by atoms with van der Waals surface area (Å²) >= 11 is 0. The van der Waals surface area contributed by atoms with Gasteiger partial charge in [-0.1, -0.05) is 121 Å². The molecule has 0 saturated heterocycles. The number of hydrogen-bond donors (Lipinski definition) is 0. The van der Waals surface area contributed by atoms with Crippen LogP contribution in [-0.2, 0) is 34.1 Å². The summed E-state index contributed by atoms with van der Waals surface area (Å²) in [7, 11) is 0. The minimum atomic E-state index is -1.33. The van der Waals surface area contributed by atoms with Crippen molar-refractivity contribution >= 4 is 36.8 Å². The minimum Gasteiger partial charge on any atom is -0.872 e. The molecule has 0 saturated carbocycles. The van der Waals surface area contributed by atoms with Gasteiger partial charge >= 0.3 is 34.1 Å². The van der Waals surface area contributed by atoms with Crippen molar-refractivity contribution in [3.05, 3.63) is 155 Å². The van der Waals surface area contributed by atoms with Gasteiger partial charge in [-0.05, 0) is 33.4 Å². The van der Waals surface area contributed by atoms with E-state index in [4.69, 9.17) is 0 Å². The van der Waals surface area contributed by atoms with E-state index >= 15 is 0 Å². The van der Waals surface area contributed by atoms with Crippen LogP contribution in [0.1, 0.15) is 43.0 Å². The molecular formula is C40H32Fe2N4O8. The average molecular weight is 808 g/mol. The monoisotopic (exact) mass is 808 g/mol. The number of carbonyl (C=O) groups is 2. The molecule has 5 aromatic carbocycles. The number of aliphatic imine (C=N–C) groups is 4. The molecule has 276 valence electrons. The van der Waals surface area contributed by atoms with Crippen LogP contribution in [0.3, 0.4) is 0 Å². The molecule has 0 aliphatic rings. The van der Waals surface area contributed by atoms with Gasteiger partial charge in [0.25, 0.3) is 0 Å². The molecule has 0 amide bonds. The minimum absolute atomic E-state index is 0. The van der Waals surface area contributed by atoms with E-state index in [1.165, 1.54) is 24.3 Å². The van der Waals surface area contributed by atoms with E-state index in [9.17, 15) is 40.2 Å². The maximum atomic E-state index is 11.4. The first-order valence-corrected chi connectivity index (χ1v) is 15.7. The van der Waals surface area contributed by atoms with Crippen molar-refractivity contribution in [3.8, 4) is 23.0 Å². The standard InChI is InChI=1S/2C16H16N2O2.C8H6O4.2Fe/c2*19-15-7-3-1-5-13(15)11-17-9-10-18-12-14-6-2-4-8-16(14)20;9-7(10)5-1-2-6(4-3-5)8(11)12;;/h2*1-8,11-12,19-20H,9-10H2;1-4H,(H,9,10)(H,11,12);;/q;;;2*+3/p-6. The van der Waals surface area contributed by atoms with Crippen LogP contribution in [0.4, 0.5) is 0 Å². The fourth-order valence-electron chi connectivity index (χ4n) is 3.97. The molecule has 14 heteroatoms. The Kier molecular flexibility index (Phi) is 22.0. The normalized spacial score (nSPS) is 10.5. The number of carboxylic acid groups (broad SMARTS) is 2. The van der Waals surface area contributed by atoms with Crippen molar-refractivity contribution in [1.82, 2.24) is 0 Å². The zero-order valence-electron chi connectivity index (χ0n) is 28.4. The maximum absolute atomic E-state index is 11.4. The van der Waals surface area contributed by atoms with Gasteiger partial charge in [0.15, 0.2) is 0 Å². The van der Waals surface area contributed by atoms with Gasteiger partial charge in [-0.15, -0.1) is 23.0 Å². The first-order valence-electron chi connectivity index (χ1n) is 15.7. The van der Waals surface area contributed by atoms with Gasteiger partial charge in [-0.3, -0.25) is 20.0 Å². The Morgan fingerprint density at radius 3 is 0.778 bits per heavy atom. The van der Waals surface area contributed by atoms with Gasteiger partial charge in [0, 0.05) is 24.9 Å². The molecule has 0 aromatic heterocycles. The van der Waals surface area contributed by atoms with Gasteiger partial charge in [0.1, 0.15) is 0 Å². The molecule has 0 atom stereocenters. The molecular weight excluding hydrogens is 776 g/mol. The molecule has 0 heterocycles. The van der Waals surface area contributed by atoms with Crippen LogP contribution in [0.5, 0.6) is 23.0 Å². The van der Waals surface area contributed by atoms with Gasteiger partial charge in [0.2, 0.25) is 0 Å². The number of aromatic carboxylic acids is 2. The van der Waals surface area contributed by atoms with Gasteiger partial charge in [0.05, 0.1) is 38.1 Å². The summed E-state index contributed by atoms with van der Waals surface area (Å²) in [4.78, 5) is 37.0. The summed E-state index contributed by atoms with van der Waals surface area (Å²) < 4.78 is 0. The molecule has 0 unspecified atom stereocenters. The van der Waals surface area contributed by atoms with E-state index in [0.29, 0.717) is 48.4 Å². The third kappa shape index (κ3) is 17.0. The average Bonchev–Trinajstić information content (AvgIpc) is 3.14. The molecule has 5 rings (SSSR count). The van der Waals surface area contributed by atoms with Crippen molar-refractivity contribution in [2.45, 2.75) is 0 Å². The third-order valence-electron chi connectivity index (χ3n) is 6.67. The number of hydrogen-bond acceptors (Lipinski definition) is 12. The van der Waals surface area contributed by atoms with E-state index in [-0.39, 0.29) is 68.3 Å². The predicted octanol–water partition coefficient (Wildman–Crippen LogP) is 1.15. The molecule has 12 nitrogen and oxygen atoms in total. The van der Waals surface area contributed by atoms with E-state index in [2.05, 4.69) is 20.0 Å². The van der Waals surface area contributed by atoms with Crippen LogP contribution in [0.15, 0.2) is 141 Å². The number of carboxylic acids is 2. The smallest absolute Gasteiger partial charge is 0.872 e. The molecule has 2 radical (unpaired) electrons. The number of carbonyl (C=O) groups excluding carboxylic acids is 2. The Morgan fingerprint density at radius 1 is 0.389 bits per heavy atom. The number of rotatable bonds is 12. The largest absolute Gasteiger partial charge is 3.00 e. The molecule has 0 fully saturated rings. The number of nitrogens with zero attached hydrogens (tertiary/aromatic N) is 4. The van der Waals surface area contributed by atoms with Crippen molar-refractivity contribution in [2.75, 3.05) is 26.2 Å². The van der Waals surface area contributed by atoms with Crippen LogP contribution >= 0.6 is 0 Å². The summed E-state index contributed by atoms with van der Waals surface area (Å²) in [5.41, 5.74) is 2.17. The molecule has 0 bridgehead atoms. The Bertz CT molecular complexity index is 1760. The quantitative estimate of drug-likeness (QED) is 0.101. The van der Waals surface area contributed by atoms with Gasteiger partial charge in [-0.25, -0.2) is 0 Å².